The molecule has 0 saturated heterocycles. The molecular formula is C18H18BrNO2. The van der Waals surface area contributed by atoms with Gasteiger partial charge in [0, 0.05) is 22.9 Å². The van der Waals surface area contributed by atoms with Crippen LogP contribution in [0.5, 0.6) is 0 Å². The number of amides is 1. The van der Waals surface area contributed by atoms with Crippen molar-refractivity contribution in [2.75, 3.05) is 0 Å². The zero-order chi connectivity index (χ0) is 15.9. The summed E-state index contributed by atoms with van der Waals surface area (Å²) in [7, 11) is 0. The van der Waals surface area contributed by atoms with Crippen molar-refractivity contribution in [1.82, 2.24) is 5.32 Å². The van der Waals surface area contributed by atoms with Gasteiger partial charge in [0.05, 0.1) is 6.04 Å². The molecule has 2 rings (SSSR count). The van der Waals surface area contributed by atoms with Gasteiger partial charge in [0.25, 0.3) is 0 Å². The maximum atomic E-state index is 12.4. The third-order valence-corrected chi connectivity index (χ3v) is 3.94. The number of Topliss-reactive ketones (excluding diaryl/α,β-unsaturated/α-hetero) is 1. The molecule has 22 heavy (non-hydrogen) atoms. The second kappa shape index (κ2) is 7.90. The van der Waals surface area contributed by atoms with E-state index in [0.717, 1.165) is 10.0 Å². The van der Waals surface area contributed by atoms with Crippen molar-refractivity contribution in [3.63, 3.8) is 0 Å². The molecule has 0 bridgehead atoms. The largest absolute Gasteiger partial charge is 0.349 e. The van der Waals surface area contributed by atoms with Crippen LogP contribution in [-0.2, 0) is 4.79 Å². The minimum atomic E-state index is -0.312. The zero-order valence-corrected chi connectivity index (χ0v) is 14.0. The fraction of sp³-hybridized carbons (Fsp3) is 0.222. The van der Waals surface area contributed by atoms with Crippen LogP contribution in [0.1, 0.15) is 41.7 Å². The summed E-state index contributed by atoms with van der Waals surface area (Å²) in [5.74, 6) is -0.0429. The number of carbonyl (C=O) groups is 2. The number of nitrogens with one attached hydrogen (secondary N) is 1. The second-order valence-electron chi connectivity index (χ2n) is 5.02. The Hall–Kier alpha value is -1.94. The monoisotopic (exact) mass is 359 g/mol. The Bertz CT molecular complexity index is 638. The first-order chi connectivity index (χ1) is 10.6. The molecule has 0 fully saturated rings. The molecule has 4 heteroatoms. The molecule has 1 N–H and O–H groups in total. The number of hydrogen-bond donors (Lipinski definition) is 1. The minimum absolute atomic E-state index is 0.0184. The van der Waals surface area contributed by atoms with Crippen molar-refractivity contribution >= 4 is 27.6 Å². The lowest BCUT2D eigenvalue weighted by molar-refractivity contribution is -0.121. The lowest BCUT2D eigenvalue weighted by Crippen LogP contribution is -2.29. The molecule has 0 aliphatic heterocycles. The summed E-state index contributed by atoms with van der Waals surface area (Å²) in [5, 5.41) is 2.93. The summed E-state index contributed by atoms with van der Waals surface area (Å²) in [6.07, 6.45) is 0.643. The van der Waals surface area contributed by atoms with Crippen molar-refractivity contribution in [2.24, 2.45) is 0 Å². The average molecular weight is 360 g/mol. The van der Waals surface area contributed by atoms with Gasteiger partial charge in [-0.3, -0.25) is 9.59 Å². The lowest BCUT2D eigenvalue weighted by Gasteiger charge is -2.18. The summed E-state index contributed by atoms with van der Waals surface area (Å²) in [6.45, 7) is 1.80. The highest BCUT2D eigenvalue weighted by atomic mass is 79.9. The summed E-state index contributed by atoms with van der Waals surface area (Å²) < 4.78 is 0.964. The molecule has 114 valence electrons. The fourth-order valence-corrected chi connectivity index (χ4v) is 2.44. The second-order valence-corrected chi connectivity index (χ2v) is 5.93. The molecule has 3 nitrogen and oxygen atoms in total. The molecule has 2 aromatic carbocycles. The third-order valence-electron chi connectivity index (χ3n) is 3.41. The molecule has 0 saturated carbocycles. The first kappa shape index (κ1) is 16.4. The number of ketones is 1. The quantitative estimate of drug-likeness (QED) is 0.782. The van der Waals surface area contributed by atoms with Gasteiger partial charge < -0.3 is 5.32 Å². The normalized spacial score (nSPS) is 11.7. The van der Waals surface area contributed by atoms with Gasteiger partial charge in [-0.1, -0.05) is 65.3 Å². The molecule has 1 amide bonds. The van der Waals surface area contributed by atoms with E-state index >= 15 is 0 Å². The Balaban J connectivity index is 2.19. The van der Waals surface area contributed by atoms with E-state index in [0.29, 0.717) is 12.0 Å². The van der Waals surface area contributed by atoms with Crippen molar-refractivity contribution in [2.45, 2.75) is 25.8 Å². The highest BCUT2D eigenvalue weighted by Gasteiger charge is 2.18. The van der Waals surface area contributed by atoms with E-state index in [1.165, 1.54) is 0 Å². The Kier molecular flexibility index (Phi) is 5.90. The number of hydrogen-bond acceptors (Lipinski definition) is 2. The molecule has 0 heterocycles. The Morgan fingerprint density at radius 2 is 1.68 bits per heavy atom. The summed E-state index contributed by atoms with van der Waals surface area (Å²) in [5.41, 5.74) is 1.59. The van der Waals surface area contributed by atoms with Crippen LogP contribution in [-0.4, -0.2) is 11.7 Å². The van der Waals surface area contributed by atoms with E-state index in [1.807, 2.05) is 42.5 Å². The average Bonchev–Trinajstić information content (AvgIpc) is 2.55. The van der Waals surface area contributed by atoms with Crippen molar-refractivity contribution in [3.8, 4) is 0 Å². The van der Waals surface area contributed by atoms with Gasteiger partial charge >= 0.3 is 0 Å². The van der Waals surface area contributed by atoms with Crippen molar-refractivity contribution in [1.29, 1.82) is 0 Å². The standard InChI is InChI=1S/C18H18BrNO2/c1-2-18(22)20-16(13-8-10-15(19)11-9-13)12-17(21)14-6-4-3-5-7-14/h3-11,16H,2,12H2,1H3,(H,20,22). The van der Waals surface area contributed by atoms with Gasteiger partial charge in [-0.15, -0.1) is 0 Å². The lowest BCUT2D eigenvalue weighted by atomic mass is 9.98. The molecule has 1 atom stereocenters. The molecule has 0 spiro atoms. The SMILES string of the molecule is CCC(=O)NC(CC(=O)c1ccccc1)c1ccc(Br)cc1. The summed E-state index contributed by atoms with van der Waals surface area (Å²) in [6, 6.07) is 16.5. The van der Waals surface area contributed by atoms with Gasteiger partial charge in [-0.25, -0.2) is 0 Å². The van der Waals surface area contributed by atoms with E-state index in [2.05, 4.69) is 21.2 Å². The van der Waals surface area contributed by atoms with Gasteiger partial charge in [0.2, 0.25) is 5.91 Å². The van der Waals surface area contributed by atoms with Crippen LogP contribution in [0, 0.1) is 0 Å². The first-order valence-electron chi connectivity index (χ1n) is 7.23. The molecule has 0 aromatic heterocycles. The fourth-order valence-electron chi connectivity index (χ4n) is 2.17. The predicted molar refractivity (Wildman–Crippen MR) is 90.7 cm³/mol. The number of halogens is 1. The van der Waals surface area contributed by atoms with E-state index < -0.39 is 0 Å². The van der Waals surface area contributed by atoms with Crippen LogP contribution in [0.3, 0.4) is 0 Å². The van der Waals surface area contributed by atoms with Gasteiger partial charge in [0.1, 0.15) is 0 Å². The predicted octanol–water partition coefficient (Wildman–Crippen LogP) is 4.29. The zero-order valence-electron chi connectivity index (χ0n) is 12.4. The smallest absolute Gasteiger partial charge is 0.220 e. The van der Waals surface area contributed by atoms with Crippen LogP contribution in [0.2, 0.25) is 0 Å². The molecule has 0 aliphatic carbocycles. The van der Waals surface area contributed by atoms with Crippen LogP contribution in [0.4, 0.5) is 0 Å². The number of benzene rings is 2. The van der Waals surface area contributed by atoms with E-state index in [9.17, 15) is 9.59 Å². The van der Waals surface area contributed by atoms with Crippen LogP contribution < -0.4 is 5.32 Å². The van der Waals surface area contributed by atoms with Crippen LogP contribution in [0.25, 0.3) is 0 Å². The van der Waals surface area contributed by atoms with E-state index in [1.54, 1.807) is 19.1 Å². The Morgan fingerprint density at radius 3 is 2.27 bits per heavy atom. The van der Waals surface area contributed by atoms with Gasteiger partial charge in [-0.05, 0) is 17.7 Å². The van der Waals surface area contributed by atoms with Crippen LogP contribution in [0.15, 0.2) is 59.1 Å². The molecule has 0 aliphatic rings. The summed E-state index contributed by atoms with van der Waals surface area (Å²) in [4.78, 5) is 24.2. The molecule has 2 aromatic rings. The van der Waals surface area contributed by atoms with Gasteiger partial charge in [0.15, 0.2) is 5.78 Å². The topological polar surface area (TPSA) is 46.2 Å². The van der Waals surface area contributed by atoms with Crippen molar-refractivity contribution in [3.05, 3.63) is 70.2 Å². The Labute approximate surface area is 138 Å². The van der Waals surface area contributed by atoms with E-state index in [4.69, 9.17) is 0 Å². The summed E-state index contributed by atoms with van der Waals surface area (Å²) >= 11 is 3.39. The molecular weight excluding hydrogens is 342 g/mol. The first-order valence-corrected chi connectivity index (χ1v) is 8.02. The van der Waals surface area contributed by atoms with Crippen LogP contribution >= 0.6 is 15.9 Å². The van der Waals surface area contributed by atoms with Gasteiger partial charge in [-0.2, -0.15) is 0 Å². The third kappa shape index (κ3) is 4.53. The Morgan fingerprint density at radius 1 is 1.05 bits per heavy atom. The minimum Gasteiger partial charge on any atom is -0.349 e. The van der Waals surface area contributed by atoms with E-state index in [-0.39, 0.29) is 24.2 Å². The number of rotatable bonds is 6. The highest BCUT2D eigenvalue weighted by molar-refractivity contribution is 9.10. The maximum absolute atomic E-state index is 12.4. The molecule has 1 unspecified atom stereocenters. The highest BCUT2D eigenvalue weighted by Crippen LogP contribution is 2.22. The number of carbonyl (C=O) groups excluding carboxylic acids is 2. The molecule has 0 radical (unpaired) electrons. The van der Waals surface area contributed by atoms with Crippen molar-refractivity contribution < 1.29 is 9.59 Å². The maximum Gasteiger partial charge on any atom is 0.220 e.